The van der Waals surface area contributed by atoms with E-state index in [2.05, 4.69) is 4.98 Å². The van der Waals surface area contributed by atoms with Crippen molar-refractivity contribution in [2.24, 2.45) is 12.8 Å². The van der Waals surface area contributed by atoms with E-state index in [1.165, 1.54) is 11.8 Å². The van der Waals surface area contributed by atoms with Gasteiger partial charge in [-0.1, -0.05) is 11.8 Å². The molecule has 0 aliphatic carbocycles. The van der Waals surface area contributed by atoms with Crippen LogP contribution in [-0.2, 0) is 7.05 Å². The average Bonchev–Trinajstić information content (AvgIpc) is 2.48. The Hall–Kier alpha value is -0.520. The number of aliphatic hydroxyl groups is 1. The summed E-state index contributed by atoms with van der Waals surface area (Å²) in [6, 6.07) is 0. The van der Waals surface area contributed by atoms with Crippen LogP contribution in [-0.4, -0.2) is 32.6 Å². The van der Waals surface area contributed by atoms with Gasteiger partial charge in [0.15, 0.2) is 5.16 Å². The summed E-state index contributed by atoms with van der Waals surface area (Å²) in [6.07, 6.45) is 3.61. The average molecular weight is 201 g/mol. The molecule has 3 N–H and O–H groups in total. The number of hydrogen-bond acceptors (Lipinski definition) is 4. The van der Waals surface area contributed by atoms with Crippen LogP contribution < -0.4 is 5.73 Å². The van der Waals surface area contributed by atoms with Crippen LogP contribution in [0.25, 0.3) is 0 Å². The fourth-order valence-electron chi connectivity index (χ4n) is 0.770. The van der Waals surface area contributed by atoms with Gasteiger partial charge >= 0.3 is 0 Å². The van der Waals surface area contributed by atoms with Gasteiger partial charge < -0.3 is 15.4 Å². The fourth-order valence-corrected chi connectivity index (χ4v) is 1.73. The van der Waals surface area contributed by atoms with E-state index in [1.807, 2.05) is 17.8 Å². The number of nitrogens with zero attached hydrogens (tertiary/aromatic N) is 2. The number of aryl methyl sites for hydroxylation is 1. The Kier molecular flexibility index (Phi) is 3.35. The summed E-state index contributed by atoms with van der Waals surface area (Å²) in [5, 5.41) is 10.5. The van der Waals surface area contributed by atoms with Gasteiger partial charge in [0.25, 0.3) is 0 Å². The van der Waals surface area contributed by atoms with Crippen LogP contribution in [0, 0.1) is 0 Å². The summed E-state index contributed by atoms with van der Waals surface area (Å²) in [5.74, 6) is 0.564. The van der Waals surface area contributed by atoms with E-state index in [4.69, 9.17) is 5.73 Å². The maximum Gasteiger partial charge on any atom is 0.167 e. The highest BCUT2D eigenvalue weighted by Gasteiger charge is 2.18. The van der Waals surface area contributed by atoms with Crippen LogP contribution in [0.5, 0.6) is 0 Å². The van der Waals surface area contributed by atoms with E-state index < -0.39 is 5.60 Å². The summed E-state index contributed by atoms with van der Waals surface area (Å²) < 4.78 is 1.91. The van der Waals surface area contributed by atoms with Crippen molar-refractivity contribution in [3.05, 3.63) is 12.4 Å². The van der Waals surface area contributed by atoms with Gasteiger partial charge in [0.1, 0.15) is 0 Å². The maximum absolute atomic E-state index is 9.63. The summed E-state index contributed by atoms with van der Waals surface area (Å²) in [5.41, 5.74) is 4.58. The first-order valence-electron chi connectivity index (χ1n) is 4.08. The largest absolute Gasteiger partial charge is 0.388 e. The molecule has 13 heavy (non-hydrogen) atoms. The Bertz CT molecular complexity index is 272. The quantitative estimate of drug-likeness (QED) is 0.684. The number of rotatable bonds is 4. The van der Waals surface area contributed by atoms with Gasteiger partial charge in [-0.3, -0.25) is 0 Å². The topological polar surface area (TPSA) is 64.1 Å². The number of aromatic nitrogens is 2. The molecule has 1 aromatic heterocycles. The molecule has 0 amide bonds. The molecule has 4 nitrogen and oxygen atoms in total. The SMILES string of the molecule is Cn1ccnc1SCC(C)(O)CN. The molecule has 0 saturated heterocycles. The number of thioether (sulfide) groups is 1. The lowest BCUT2D eigenvalue weighted by molar-refractivity contribution is 0.0949. The molecule has 1 unspecified atom stereocenters. The van der Waals surface area contributed by atoms with Crippen LogP contribution in [0.2, 0.25) is 0 Å². The Morgan fingerprint density at radius 3 is 2.92 bits per heavy atom. The summed E-state index contributed by atoms with van der Waals surface area (Å²) in [7, 11) is 1.92. The van der Waals surface area contributed by atoms with Gasteiger partial charge in [0.05, 0.1) is 5.60 Å². The minimum absolute atomic E-state index is 0.268. The number of imidazole rings is 1. The van der Waals surface area contributed by atoms with Crippen LogP contribution in [0.15, 0.2) is 17.6 Å². The van der Waals surface area contributed by atoms with Gasteiger partial charge in [-0.05, 0) is 6.92 Å². The van der Waals surface area contributed by atoms with E-state index in [-0.39, 0.29) is 6.54 Å². The van der Waals surface area contributed by atoms with Crippen LogP contribution in [0.1, 0.15) is 6.92 Å². The lowest BCUT2D eigenvalue weighted by atomic mass is 10.1. The van der Waals surface area contributed by atoms with E-state index in [0.717, 1.165) is 5.16 Å². The van der Waals surface area contributed by atoms with Gasteiger partial charge in [-0.15, -0.1) is 0 Å². The van der Waals surface area contributed by atoms with Crippen LogP contribution in [0.3, 0.4) is 0 Å². The highest BCUT2D eigenvalue weighted by atomic mass is 32.2. The molecule has 0 saturated carbocycles. The first kappa shape index (κ1) is 10.6. The Morgan fingerprint density at radius 2 is 2.46 bits per heavy atom. The van der Waals surface area contributed by atoms with Gasteiger partial charge in [-0.25, -0.2) is 4.98 Å². The third-order valence-electron chi connectivity index (χ3n) is 1.73. The minimum atomic E-state index is -0.809. The highest BCUT2D eigenvalue weighted by Crippen LogP contribution is 2.19. The fraction of sp³-hybridized carbons (Fsp3) is 0.625. The van der Waals surface area contributed by atoms with E-state index in [1.54, 1.807) is 13.1 Å². The van der Waals surface area contributed by atoms with Crippen molar-refractivity contribution in [1.29, 1.82) is 0 Å². The molecule has 1 aromatic rings. The van der Waals surface area contributed by atoms with Crippen molar-refractivity contribution in [3.8, 4) is 0 Å². The molecular formula is C8H15N3OS. The monoisotopic (exact) mass is 201 g/mol. The number of hydrogen-bond donors (Lipinski definition) is 2. The second-order valence-corrected chi connectivity index (χ2v) is 4.25. The van der Waals surface area contributed by atoms with Gasteiger partial charge in [0, 0.05) is 31.7 Å². The van der Waals surface area contributed by atoms with Crippen molar-refractivity contribution >= 4 is 11.8 Å². The molecule has 0 spiro atoms. The minimum Gasteiger partial charge on any atom is -0.388 e. The second-order valence-electron chi connectivity index (χ2n) is 3.31. The molecule has 0 aliphatic heterocycles. The summed E-state index contributed by atoms with van der Waals surface area (Å²) in [6.45, 7) is 1.99. The van der Waals surface area contributed by atoms with Gasteiger partial charge in [-0.2, -0.15) is 0 Å². The highest BCUT2D eigenvalue weighted by molar-refractivity contribution is 7.99. The Balaban J connectivity index is 2.48. The van der Waals surface area contributed by atoms with Gasteiger partial charge in [0.2, 0.25) is 0 Å². The molecule has 0 bridgehead atoms. The zero-order valence-electron chi connectivity index (χ0n) is 7.90. The van der Waals surface area contributed by atoms with Crippen molar-refractivity contribution < 1.29 is 5.11 Å². The molecule has 5 heteroatoms. The third kappa shape index (κ3) is 3.02. The maximum atomic E-state index is 9.63. The molecular weight excluding hydrogens is 186 g/mol. The zero-order valence-corrected chi connectivity index (χ0v) is 8.71. The zero-order chi connectivity index (χ0) is 9.90. The van der Waals surface area contributed by atoms with Crippen molar-refractivity contribution in [2.45, 2.75) is 17.7 Å². The van der Waals surface area contributed by atoms with Crippen molar-refractivity contribution in [1.82, 2.24) is 9.55 Å². The third-order valence-corrected chi connectivity index (χ3v) is 3.15. The smallest absolute Gasteiger partial charge is 0.167 e. The van der Waals surface area contributed by atoms with E-state index >= 15 is 0 Å². The predicted octanol–water partition coefficient (Wildman–Crippen LogP) is 0.222. The van der Waals surface area contributed by atoms with Crippen molar-refractivity contribution in [3.63, 3.8) is 0 Å². The second kappa shape index (κ2) is 4.13. The first-order chi connectivity index (χ1) is 6.05. The van der Waals surface area contributed by atoms with E-state index in [9.17, 15) is 5.11 Å². The lowest BCUT2D eigenvalue weighted by Gasteiger charge is -2.19. The molecule has 1 rings (SSSR count). The molecule has 74 valence electrons. The Labute approximate surface area is 82.2 Å². The molecule has 0 radical (unpaired) electrons. The molecule has 1 heterocycles. The van der Waals surface area contributed by atoms with Crippen LogP contribution in [0.4, 0.5) is 0 Å². The lowest BCUT2D eigenvalue weighted by Crippen LogP contribution is -2.36. The molecule has 0 fully saturated rings. The summed E-state index contributed by atoms with van der Waals surface area (Å²) >= 11 is 1.51. The Morgan fingerprint density at radius 1 is 1.77 bits per heavy atom. The van der Waals surface area contributed by atoms with Crippen molar-refractivity contribution in [2.75, 3.05) is 12.3 Å². The predicted molar refractivity (Wildman–Crippen MR) is 53.6 cm³/mol. The normalized spacial score (nSPS) is 15.7. The first-order valence-corrected chi connectivity index (χ1v) is 5.06. The molecule has 1 atom stereocenters. The summed E-state index contributed by atoms with van der Waals surface area (Å²) in [4.78, 5) is 4.13. The molecule has 0 aliphatic rings. The van der Waals surface area contributed by atoms with E-state index in [0.29, 0.717) is 5.75 Å². The standard InChI is InChI=1S/C8H15N3OS/c1-8(12,5-9)6-13-7-10-3-4-11(7)2/h3-4,12H,5-6,9H2,1-2H3. The molecule has 0 aromatic carbocycles. The van der Waals surface area contributed by atoms with Crippen LogP contribution >= 0.6 is 11.8 Å². The number of nitrogens with two attached hydrogens (primary N) is 1.